The van der Waals surface area contributed by atoms with Gasteiger partial charge in [-0.1, -0.05) is 46.2 Å². The van der Waals surface area contributed by atoms with E-state index in [1.54, 1.807) is 18.3 Å². The second-order valence-electron chi connectivity index (χ2n) is 8.65. The van der Waals surface area contributed by atoms with E-state index in [0.29, 0.717) is 15.5 Å². The lowest BCUT2D eigenvalue weighted by Crippen LogP contribution is -2.57. The molecule has 5 atom stereocenters. The monoisotopic (exact) mass is 612 g/mol. The van der Waals surface area contributed by atoms with Gasteiger partial charge in [0.15, 0.2) is 12.2 Å². The molecule has 1 fully saturated rings. The minimum atomic E-state index is -1.15. The Morgan fingerprint density at radius 3 is 2.42 bits per heavy atom. The maximum atomic E-state index is 14.1. The Hall–Kier alpha value is -3.26. The van der Waals surface area contributed by atoms with Gasteiger partial charge in [-0.3, -0.25) is 19.4 Å². The zero-order chi connectivity index (χ0) is 29.0. The molecule has 1 aromatic carbocycles. The van der Waals surface area contributed by atoms with Crippen LogP contribution in [0.1, 0.15) is 26.8 Å². The van der Waals surface area contributed by atoms with Crippen molar-refractivity contribution in [2.75, 3.05) is 6.61 Å². The molecule has 11 nitrogen and oxygen atoms in total. The molecule has 4 rings (SSSR count). The number of carbonyl (C=O) groups excluding carboxylic acids is 3. The molecule has 15 heteroatoms. The van der Waals surface area contributed by atoms with Crippen molar-refractivity contribution in [3.05, 3.63) is 58.7 Å². The van der Waals surface area contributed by atoms with Gasteiger partial charge in [-0.15, -0.1) is 5.10 Å². The summed E-state index contributed by atoms with van der Waals surface area (Å²) in [6, 6.07) is 4.77. The summed E-state index contributed by atoms with van der Waals surface area (Å²) in [7, 11) is 0. The predicted molar refractivity (Wildman–Crippen MR) is 141 cm³/mol. The summed E-state index contributed by atoms with van der Waals surface area (Å²) in [5, 5.41) is 8.64. The maximum Gasteiger partial charge on any atom is 0.303 e. The first kappa shape index (κ1) is 29.7. The van der Waals surface area contributed by atoms with Crippen molar-refractivity contribution in [2.24, 2.45) is 0 Å². The van der Waals surface area contributed by atoms with Crippen LogP contribution in [0.5, 0.6) is 0 Å². The Bertz CT molecular complexity index is 1410. The highest BCUT2D eigenvalue weighted by molar-refractivity contribution is 7.99. The van der Waals surface area contributed by atoms with E-state index in [4.69, 9.17) is 42.1 Å². The van der Waals surface area contributed by atoms with Crippen LogP contribution in [0.25, 0.3) is 11.3 Å². The summed E-state index contributed by atoms with van der Waals surface area (Å²) < 4.78 is 38.2. The van der Waals surface area contributed by atoms with E-state index in [-0.39, 0.29) is 17.3 Å². The summed E-state index contributed by atoms with van der Waals surface area (Å²) in [5.74, 6) is -2.55. The average Bonchev–Trinajstić information content (AvgIpc) is 3.35. The first-order valence-corrected chi connectivity index (χ1v) is 13.4. The molecule has 1 aliphatic heterocycles. The van der Waals surface area contributed by atoms with Crippen molar-refractivity contribution in [3.8, 4) is 11.3 Å². The fraction of sp³-hybridized carbons (Fsp3) is 0.360. The van der Waals surface area contributed by atoms with Gasteiger partial charge in [-0.05, 0) is 18.2 Å². The first-order valence-electron chi connectivity index (χ1n) is 11.8. The van der Waals surface area contributed by atoms with E-state index < -0.39 is 53.5 Å². The topological polar surface area (TPSA) is 132 Å². The van der Waals surface area contributed by atoms with Crippen LogP contribution in [0.3, 0.4) is 0 Å². The van der Waals surface area contributed by atoms with Crippen LogP contribution in [0.2, 0.25) is 10.0 Å². The Morgan fingerprint density at radius 2 is 1.77 bits per heavy atom. The molecular weight excluding hydrogens is 590 g/mol. The molecule has 3 heterocycles. The lowest BCUT2D eigenvalue weighted by molar-refractivity contribution is -0.212. The number of benzene rings is 1. The van der Waals surface area contributed by atoms with Gasteiger partial charge in [-0.25, -0.2) is 9.07 Å². The zero-order valence-electron chi connectivity index (χ0n) is 21.3. The number of pyridine rings is 1. The third-order valence-corrected chi connectivity index (χ3v) is 7.26. The predicted octanol–water partition coefficient (Wildman–Crippen LogP) is 4.27. The van der Waals surface area contributed by atoms with Crippen LogP contribution in [0, 0.1) is 5.82 Å². The number of carbonyl (C=O) groups is 3. The largest absolute Gasteiger partial charge is 0.463 e. The fourth-order valence-corrected chi connectivity index (χ4v) is 5.57. The van der Waals surface area contributed by atoms with Crippen molar-refractivity contribution in [1.82, 2.24) is 20.0 Å². The van der Waals surface area contributed by atoms with Crippen molar-refractivity contribution >= 4 is 52.9 Å². The molecule has 1 aliphatic rings. The van der Waals surface area contributed by atoms with Crippen molar-refractivity contribution < 1.29 is 37.7 Å². The molecule has 2 aromatic heterocycles. The van der Waals surface area contributed by atoms with Gasteiger partial charge in [0.1, 0.15) is 35.7 Å². The molecule has 0 N–H and O–H groups in total. The molecule has 212 valence electrons. The highest BCUT2D eigenvalue weighted by Gasteiger charge is 2.52. The molecule has 0 radical (unpaired) electrons. The van der Waals surface area contributed by atoms with Gasteiger partial charge in [-0.2, -0.15) is 0 Å². The van der Waals surface area contributed by atoms with Crippen molar-refractivity contribution in [2.45, 2.75) is 55.5 Å². The second-order valence-corrected chi connectivity index (χ2v) is 10.7. The normalized spacial score (nSPS) is 22.4. The third-order valence-electron chi connectivity index (χ3n) is 5.63. The second kappa shape index (κ2) is 12.9. The molecule has 0 aliphatic carbocycles. The van der Waals surface area contributed by atoms with Crippen LogP contribution in [-0.4, -0.2) is 68.2 Å². The van der Waals surface area contributed by atoms with Gasteiger partial charge >= 0.3 is 17.9 Å². The summed E-state index contributed by atoms with van der Waals surface area (Å²) in [6.45, 7) is 3.35. The lowest BCUT2D eigenvalue weighted by atomic mass is 9.96. The summed E-state index contributed by atoms with van der Waals surface area (Å²) in [6.07, 6.45) is 1.23. The molecular formula is C25H23Cl2FN4O7S. The quantitative estimate of drug-likeness (QED) is 0.267. The number of hydrogen-bond acceptors (Lipinski definition) is 11. The molecule has 5 unspecified atom stereocenters. The van der Waals surface area contributed by atoms with E-state index >= 15 is 0 Å². The van der Waals surface area contributed by atoms with Crippen LogP contribution < -0.4 is 0 Å². The Kier molecular flexibility index (Phi) is 9.61. The van der Waals surface area contributed by atoms with Gasteiger partial charge in [0.25, 0.3) is 0 Å². The van der Waals surface area contributed by atoms with Gasteiger partial charge in [0, 0.05) is 43.6 Å². The van der Waals surface area contributed by atoms with E-state index in [1.807, 2.05) is 0 Å². The smallest absolute Gasteiger partial charge is 0.303 e. The van der Waals surface area contributed by atoms with E-state index in [2.05, 4.69) is 15.3 Å². The molecule has 0 saturated carbocycles. The summed E-state index contributed by atoms with van der Waals surface area (Å²) >= 11 is 13.1. The number of thioether (sulfide) groups is 1. The standard InChI is InChI=1S/C25H23Cl2FN4O7S/c1-12(33)36-11-21-23(37-13(2)34)22(32-10-20(30-31-32)15-4-5-18(27)19(28)6-15)24(38-14(3)35)25(39-21)40-17-7-16(26)8-29-9-17/h4-10,21-25H,11H2,1-3H3. The molecule has 1 saturated heterocycles. The molecule has 0 spiro atoms. The van der Waals surface area contributed by atoms with Crippen molar-refractivity contribution in [3.63, 3.8) is 0 Å². The van der Waals surface area contributed by atoms with E-state index in [9.17, 15) is 18.8 Å². The highest BCUT2D eigenvalue weighted by Crippen LogP contribution is 2.41. The van der Waals surface area contributed by atoms with Crippen LogP contribution in [0.4, 0.5) is 4.39 Å². The highest BCUT2D eigenvalue weighted by atomic mass is 35.5. The van der Waals surface area contributed by atoms with Crippen LogP contribution in [0.15, 0.2) is 47.8 Å². The van der Waals surface area contributed by atoms with Crippen molar-refractivity contribution in [1.29, 1.82) is 0 Å². The third kappa shape index (κ3) is 7.27. The molecule has 0 amide bonds. The fourth-order valence-electron chi connectivity index (χ4n) is 4.08. The summed E-state index contributed by atoms with van der Waals surface area (Å²) in [4.78, 5) is 40.8. The van der Waals surface area contributed by atoms with E-state index in [1.165, 1.54) is 50.0 Å². The van der Waals surface area contributed by atoms with Gasteiger partial charge in [0.05, 0.1) is 16.2 Å². The number of nitrogens with zero attached hydrogens (tertiary/aromatic N) is 4. The molecule has 40 heavy (non-hydrogen) atoms. The lowest BCUT2D eigenvalue weighted by Gasteiger charge is -2.44. The Labute approximate surface area is 242 Å². The number of hydrogen-bond donors (Lipinski definition) is 0. The molecule has 0 bridgehead atoms. The zero-order valence-corrected chi connectivity index (χ0v) is 23.7. The number of aromatic nitrogens is 4. The number of rotatable bonds is 8. The number of esters is 3. The Morgan fingerprint density at radius 1 is 1.05 bits per heavy atom. The number of halogens is 3. The first-order chi connectivity index (χ1) is 19.0. The summed E-state index contributed by atoms with van der Waals surface area (Å²) in [5.41, 5.74) is -0.284. The van der Waals surface area contributed by atoms with Gasteiger partial charge in [0.2, 0.25) is 0 Å². The number of ether oxygens (including phenoxy) is 4. The maximum absolute atomic E-state index is 14.1. The minimum absolute atomic E-state index is 0.0610. The van der Waals surface area contributed by atoms with E-state index in [0.717, 1.165) is 11.8 Å². The molecule has 3 aromatic rings. The van der Waals surface area contributed by atoms with Gasteiger partial charge < -0.3 is 18.9 Å². The SMILES string of the molecule is CC(=O)OCC1OC(Sc2cncc(Cl)c2)C(OC(C)=O)C(n2cc(-c3ccc(Cl)c(F)c3)nn2)C1OC(C)=O. The van der Waals surface area contributed by atoms with Crippen LogP contribution in [-0.2, 0) is 33.3 Å². The Balaban J connectivity index is 1.80. The van der Waals surface area contributed by atoms with Crippen LogP contribution >= 0.6 is 35.0 Å². The minimum Gasteiger partial charge on any atom is -0.463 e. The average molecular weight is 613 g/mol.